The minimum atomic E-state index is 0.599. The van der Waals surface area contributed by atoms with Crippen molar-refractivity contribution < 1.29 is 0 Å². The number of rotatable bonds is 1. The van der Waals surface area contributed by atoms with Gasteiger partial charge in [0.1, 0.15) is 11.5 Å². The molecule has 0 amide bonds. The highest BCUT2D eigenvalue weighted by atomic mass is 15.0. The van der Waals surface area contributed by atoms with E-state index in [0.717, 1.165) is 0 Å². The van der Waals surface area contributed by atoms with Gasteiger partial charge in [-0.1, -0.05) is 6.58 Å². The molecule has 0 saturated carbocycles. The molecule has 0 saturated heterocycles. The van der Waals surface area contributed by atoms with Crippen LogP contribution in [-0.4, -0.2) is 30.6 Å². The smallest absolute Gasteiger partial charge is 0.176 e. The number of hydrogen-bond donors (Lipinski definition) is 0. The third-order valence-corrected chi connectivity index (χ3v) is 1.31. The predicted molar refractivity (Wildman–Crippen MR) is 52.6 cm³/mol. The zero-order valence-electron chi connectivity index (χ0n) is 7.15. The van der Waals surface area contributed by atoms with Crippen LogP contribution in [-0.2, 0) is 0 Å². The van der Waals surface area contributed by atoms with E-state index in [9.17, 15) is 0 Å². The number of aliphatic imine (C=N–C) groups is 4. The summed E-state index contributed by atoms with van der Waals surface area (Å²) in [4.78, 5) is 16.0. The molecule has 0 aromatic heterocycles. The molecule has 0 fully saturated rings. The number of nitrogens with zero attached hydrogens (tertiary/aromatic N) is 4. The maximum Gasteiger partial charge on any atom is 0.176 e. The van der Waals surface area contributed by atoms with Crippen LogP contribution < -0.4 is 0 Å². The minimum Gasteiger partial charge on any atom is -0.268 e. The Morgan fingerprint density at radius 1 is 1.58 bits per heavy atom. The normalized spacial score (nSPS) is 23.0. The molecule has 0 aromatic carbocycles. The van der Waals surface area contributed by atoms with Crippen LogP contribution in [0.3, 0.4) is 0 Å². The van der Waals surface area contributed by atoms with Crippen LogP contribution >= 0.6 is 0 Å². The van der Waals surface area contributed by atoms with Crippen molar-refractivity contribution in [1.29, 1.82) is 0 Å². The molecule has 0 spiro atoms. The van der Waals surface area contributed by atoms with Crippen molar-refractivity contribution in [3.05, 3.63) is 12.8 Å². The molecule has 1 rings (SSSR count). The SMILES string of the molecule is C=CN=C1C=NC(C)=NC1=NC. The summed E-state index contributed by atoms with van der Waals surface area (Å²) in [5, 5.41) is 0. The Labute approximate surface area is 71.2 Å². The van der Waals surface area contributed by atoms with E-state index in [0.29, 0.717) is 17.4 Å². The quantitative estimate of drug-likeness (QED) is 0.554. The van der Waals surface area contributed by atoms with Gasteiger partial charge in [-0.15, -0.1) is 0 Å². The molecule has 0 atom stereocenters. The van der Waals surface area contributed by atoms with Crippen LogP contribution in [0.5, 0.6) is 0 Å². The highest BCUT2D eigenvalue weighted by molar-refractivity contribution is 6.64. The Hall–Kier alpha value is -1.58. The van der Waals surface area contributed by atoms with E-state index < -0.39 is 0 Å². The van der Waals surface area contributed by atoms with Crippen LogP contribution in [0.25, 0.3) is 0 Å². The molecule has 12 heavy (non-hydrogen) atoms. The van der Waals surface area contributed by atoms with Gasteiger partial charge in [-0.2, -0.15) is 0 Å². The van der Waals surface area contributed by atoms with Crippen LogP contribution in [0.2, 0.25) is 0 Å². The van der Waals surface area contributed by atoms with E-state index in [4.69, 9.17) is 0 Å². The summed E-state index contributed by atoms with van der Waals surface area (Å²) in [6, 6.07) is 0. The summed E-state index contributed by atoms with van der Waals surface area (Å²) in [7, 11) is 1.67. The van der Waals surface area contributed by atoms with Gasteiger partial charge >= 0.3 is 0 Å². The second-order valence-corrected chi connectivity index (χ2v) is 2.16. The van der Waals surface area contributed by atoms with E-state index in [2.05, 4.69) is 26.5 Å². The highest BCUT2D eigenvalue weighted by Crippen LogP contribution is 1.95. The second-order valence-electron chi connectivity index (χ2n) is 2.16. The molecule has 1 aliphatic rings. The zero-order chi connectivity index (χ0) is 8.97. The Kier molecular flexibility index (Phi) is 2.63. The highest BCUT2D eigenvalue weighted by Gasteiger charge is 2.08. The third-order valence-electron chi connectivity index (χ3n) is 1.31. The summed E-state index contributed by atoms with van der Waals surface area (Å²) < 4.78 is 0. The van der Waals surface area contributed by atoms with Gasteiger partial charge in [-0.3, -0.25) is 9.98 Å². The molecule has 62 valence electrons. The van der Waals surface area contributed by atoms with E-state index in [1.165, 1.54) is 6.20 Å². The molecule has 4 heteroatoms. The van der Waals surface area contributed by atoms with Gasteiger partial charge in [-0.05, 0) is 6.92 Å². The first-order valence-electron chi connectivity index (χ1n) is 3.53. The molecule has 0 aliphatic carbocycles. The third kappa shape index (κ3) is 1.72. The van der Waals surface area contributed by atoms with Gasteiger partial charge < -0.3 is 0 Å². The van der Waals surface area contributed by atoms with Crippen LogP contribution in [0.15, 0.2) is 32.7 Å². The van der Waals surface area contributed by atoms with Crippen molar-refractivity contribution in [2.45, 2.75) is 6.92 Å². The molecule has 0 unspecified atom stereocenters. The van der Waals surface area contributed by atoms with Crippen molar-refractivity contribution in [3.8, 4) is 0 Å². The zero-order valence-corrected chi connectivity index (χ0v) is 7.15. The van der Waals surface area contributed by atoms with Crippen LogP contribution in [0, 0.1) is 0 Å². The van der Waals surface area contributed by atoms with Gasteiger partial charge in [0.2, 0.25) is 0 Å². The van der Waals surface area contributed by atoms with Gasteiger partial charge in [0.15, 0.2) is 5.84 Å². The van der Waals surface area contributed by atoms with E-state index in [1.807, 2.05) is 6.92 Å². The summed E-state index contributed by atoms with van der Waals surface area (Å²) in [5.74, 6) is 1.29. The Balaban J connectivity index is 3.03. The monoisotopic (exact) mass is 162 g/mol. The molecular formula is C8H10N4. The molecule has 0 radical (unpaired) electrons. The topological polar surface area (TPSA) is 49.4 Å². The minimum absolute atomic E-state index is 0.599. The number of amidine groups is 2. The summed E-state index contributed by atoms with van der Waals surface area (Å²) in [6.07, 6.45) is 3.08. The predicted octanol–water partition coefficient (Wildman–Crippen LogP) is 1.10. The lowest BCUT2D eigenvalue weighted by atomic mass is 10.3. The van der Waals surface area contributed by atoms with Crippen molar-refractivity contribution in [1.82, 2.24) is 0 Å². The Bertz CT molecular complexity index is 307. The largest absolute Gasteiger partial charge is 0.268 e. The standard InChI is InChI=1S/C8H10N4/c1-4-10-7-5-11-6(2)12-8(7)9-3/h4-5H,1H2,2-3H3. The summed E-state index contributed by atoms with van der Waals surface area (Å²) in [6.45, 7) is 5.30. The molecule has 0 bridgehead atoms. The maximum atomic E-state index is 4.09. The van der Waals surface area contributed by atoms with E-state index in [-0.39, 0.29) is 0 Å². The summed E-state index contributed by atoms with van der Waals surface area (Å²) in [5.41, 5.74) is 0.651. The lowest BCUT2D eigenvalue weighted by Gasteiger charge is -2.04. The van der Waals surface area contributed by atoms with Gasteiger partial charge in [0.25, 0.3) is 0 Å². The molecule has 0 aromatic rings. The van der Waals surface area contributed by atoms with Gasteiger partial charge in [0.05, 0.1) is 6.21 Å². The van der Waals surface area contributed by atoms with Crippen LogP contribution in [0.1, 0.15) is 6.92 Å². The fraction of sp³-hybridized carbons (Fsp3) is 0.250. The lowest BCUT2D eigenvalue weighted by molar-refractivity contribution is 1.39. The van der Waals surface area contributed by atoms with E-state index in [1.54, 1.807) is 13.3 Å². The summed E-state index contributed by atoms with van der Waals surface area (Å²) >= 11 is 0. The first-order chi connectivity index (χ1) is 5.77. The van der Waals surface area contributed by atoms with Gasteiger partial charge in [-0.25, -0.2) is 9.98 Å². The lowest BCUT2D eigenvalue weighted by Crippen LogP contribution is -2.19. The Morgan fingerprint density at radius 2 is 2.33 bits per heavy atom. The second kappa shape index (κ2) is 3.71. The van der Waals surface area contributed by atoms with Crippen molar-refractivity contribution in [3.63, 3.8) is 0 Å². The number of hydrogen-bond acceptors (Lipinski definition) is 3. The van der Waals surface area contributed by atoms with Gasteiger partial charge in [0, 0.05) is 13.2 Å². The Morgan fingerprint density at radius 3 is 2.92 bits per heavy atom. The fourth-order valence-corrected chi connectivity index (χ4v) is 0.806. The van der Waals surface area contributed by atoms with Crippen molar-refractivity contribution >= 4 is 23.6 Å². The van der Waals surface area contributed by atoms with E-state index >= 15 is 0 Å². The molecular weight excluding hydrogens is 152 g/mol. The average molecular weight is 162 g/mol. The fourth-order valence-electron chi connectivity index (χ4n) is 0.806. The molecule has 0 N–H and O–H groups in total. The maximum absolute atomic E-state index is 4.09. The van der Waals surface area contributed by atoms with Crippen molar-refractivity contribution in [2.75, 3.05) is 7.05 Å². The molecule has 4 nitrogen and oxygen atoms in total. The average Bonchev–Trinajstić information content (AvgIpc) is 2.08. The first-order valence-corrected chi connectivity index (χ1v) is 3.53. The molecule has 1 heterocycles. The first kappa shape index (κ1) is 8.52. The molecule has 1 aliphatic heterocycles. The van der Waals surface area contributed by atoms with Crippen LogP contribution in [0.4, 0.5) is 0 Å². The van der Waals surface area contributed by atoms with Crippen molar-refractivity contribution in [2.24, 2.45) is 20.0 Å².